The topological polar surface area (TPSA) is 67.2 Å². The lowest BCUT2D eigenvalue weighted by Crippen LogP contribution is -2.19. The van der Waals surface area contributed by atoms with Crippen molar-refractivity contribution < 1.29 is 9.18 Å². The van der Waals surface area contributed by atoms with Gasteiger partial charge in [0.05, 0.1) is 0 Å². The number of nitrogens with one attached hydrogen (secondary N) is 2. The standard InChI is InChI=1S/C14H13ClFN3O/c15-13-6-10(16)5-4-9(13)8-18-11-2-1-3-12(7-11)19-14(17)20/h1-7,18H,8H2,(H3,17,19,20). The maximum atomic E-state index is 12.9. The Morgan fingerprint density at radius 1 is 1.20 bits per heavy atom. The largest absolute Gasteiger partial charge is 0.381 e. The summed E-state index contributed by atoms with van der Waals surface area (Å²) in [4.78, 5) is 10.8. The van der Waals surface area contributed by atoms with Gasteiger partial charge in [-0.25, -0.2) is 9.18 Å². The molecule has 2 aromatic carbocycles. The van der Waals surface area contributed by atoms with Crippen LogP contribution in [0.25, 0.3) is 0 Å². The van der Waals surface area contributed by atoms with Crippen LogP contribution in [0.2, 0.25) is 5.02 Å². The SMILES string of the molecule is NC(=O)Nc1cccc(NCc2ccc(F)cc2Cl)c1. The Morgan fingerprint density at radius 3 is 2.65 bits per heavy atom. The molecule has 4 nitrogen and oxygen atoms in total. The van der Waals surface area contributed by atoms with Crippen LogP contribution < -0.4 is 16.4 Å². The first-order chi connectivity index (χ1) is 9.54. The number of anilines is 2. The lowest BCUT2D eigenvalue weighted by molar-refractivity contribution is 0.259. The highest BCUT2D eigenvalue weighted by molar-refractivity contribution is 6.31. The van der Waals surface area contributed by atoms with E-state index in [2.05, 4.69) is 10.6 Å². The summed E-state index contributed by atoms with van der Waals surface area (Å²) in [5.41, 5.74) is 7.21. The van der Waals surface area contributed by atoms with E-state index >= 15 is 0 Å². The molecule has 0 unspecified atom stereocenters. The Balaban J connectivity index is 2.05. The average Bonchev–Trinajstić information content (AvgIpc) is 2.37. The van der Waals surface area contributed by atoms with Gasteiger partial charge in [-0.1, -0.05) is 23.7 Å². The molecule has 0 heterocycles. The molecule has 6 heteroatoms. The molecule has 2 rings (SSSR count). The first-order valence-corrected chi connectivity index (χ1v) is 6.27. The van der Waals surface area contributed by atoms with Crippen molar-refractivity contribution in [2.75, 3.05) is 10.6 Å². The predicted octanol–water partition coefficient (Wildman–Crippen LogP) is 3.58. The third-order valence-corrected chi connectivity index (χ3v) is 2.98. The number of halogens is 2. The summed E-state index contributed by atoms with van der Waals surface area (Å²) in [5, 5.41) is 5.99. The van der Waals surface area contributed by atoms with Gasteiger partial charge >= 0.3 is 6.03 Å². The summed E-state index contributed by atoms with van der Waals surface area (Å²) in [6.07, 6.45) is 0. The summed E-state index contributed by atoms with van der Waals surface area (Å²) < 4.78 is 12.9. The molecule has 20 heavy (non-hydrogen) atoms. The van der Waals surface area contributed by atoms with Crippen molar-refractivity contribution in [1.29, 1.82) is 0 Å². The molecule has 2 aromatic rings. The van der Waals surface area contributed by atoms with Crippen LogP contribution in [0.5, 0.6) is 0 Å². The van der Waals surface area contributed by atoms with Crippen molar-refractivity contribution in [3.63, 3.8) is 0 Å². The summed E-state index contributed by atoms with van der Waals surface area (Å²) >= 11 is 5.94. The van der Waals surface area contributed by atoms with Gasteiger partial charge < -0.3 is 16.4 Å². The van der Waals surface area contributed by atoms with Crippen molar-refractivity contribution >= 4 is 29.0 Å². The molecule has 0 fully saturated rings. The third-order valence-electron chi connectivity index (χ3n) is 2.63. The van der Waals surface area contributed by atoms with Crippen molar-refractivity contribution in [2.24, 2.45) is 5.73 Å². The van der Waals surface area contributed by atoms with Crippen LogP contribution >= 0.6 is 11.6 Å². The normalized spacial score (nSPS) is 10.1. The van der Waals surface area contributed by atoms with Crippen molar-refractivity contribution in [3.8, 4) is 0 Å². The Hall–Kier alpha value is -2.27. The van der Waals surface area contributed by atoms with Crippen LogP contribution in [0.1, 0.15) is 5.56 Å². The van der Waals surface area contributed by atoms with Gasteiger partial charge in [-0.05, 0) is 35.9 Å². The molecular weight excluding hydrogens is 281 g/mol. The lowest BCUT2D eigenvalue weighted by atomic mass is 10.2. The zero-order chi connectivity index (χ0) is 14.5. The highest BCUT2D eigenvalue weighted by Crippen LogP contribution is 2.20. The quantitative estimate of drug-likeness (QED) is 0.806. The lowest BCUT2D eigenvalue weighted by Gasteiger charge is -2.10. The van der Waals surface area contributed by atoms with Crippen LogP contribution in [-0.4, -0.2) is 6.03 Å². The first kappa shape index (κ1) is 14.1. The summed E-state index contributed by atoms with van der Waals surface area (Å²) in [6, 6.07) is 10.7. The molecule has 0 atom stereocenters. The fraction of sp³-hybridized carbons (Fsp3) is 0.0714. The van der Waals surface area contributed by atoms with E-state index in [4.69, 9.17) is 17.3 Å². The van der Waals surface area contributed by atoms with Gasteiger partial charge in [0.25, 0.3) is 0 Å². The second kappa shape index (κ2) is 6.25. The van der Waals surface area contributed by atoms with Gasteiger partial charge in [-0.2, -0.15) is 0 Å². The predicted molar refractivity (Wildman–Crippen MR) is 78.4 cm³/mol. The maximum Gasteiger partial charge on any atom is 0.316 e. The summed E-state index contributed by atoms with van der Waals surface area (Å²) in [6.45, 7) is 0.444. The summed E-state index contributed by atoms with van der Waals surface area (Å²) in [5.74, 6) is -0.369. The number of urea groups is 1. The van der Waals surface area contributed by atoms with E-state index in [1.54, 1.807) is 24.3 Å². The minimum absolute atomic E-state index is 0.365. The van der Waals surface area contributed by atoms with Crippen molar-refractivity contribution in [3.05, 3.63) is 58.9 Å². The highest BCUT2D eigenvalue weighted by atomic mass is 35.5. The fourth-order valence-corrected chi connectivity index (χ4v) is 1.95. The van der Waals surface area contributed by atoms with E-state index in [1.807, 2.05) is 6.07 Å². The maximum absolute atomic E-state index is 12.9. The second-order valence-corrected chi connectivity index (χ2v) is 4.57. The first-order valence-electron chi connectivity index (χ1n) is 5.89. The molecule has 2 amide bonds. The second-order valence-electron chi connectivity index (χ2n) is 4.16. The van der Waals surface area contributed by atoms with E-state index in [-0.39, 0.29) is 5.82 Å². The average molecular weight is 294 g/mol. The molecule has 0 aromatic heterocycles. The molecule has 0 saturated heterocycles. The molecule has 104 valence electrons. The van der Waals surface area contributed by atoms with E-state index in [0.29, 0.717) is 17.3 Å². The number of nitrogens with two attached hydrogens (primary N) is 1. The Bertz CT molecular complexity index is 634. The van der Waals surface area contributed by atoms with E-state index < -0.39 is 6.03 Å². The van der Waals surface area contributed by atoms with Crippen molar-refractivity contribution in [1.82, 2.24) is 0 Å². The Labute approximate surface area is 120 Å². The molecular formula is C14H13ClFN3O. The minimum atomic E-state index is -0.622. The van der Waals surface area contributed by atoms with E-state index in [1.165, 1.54) is 12.1 Å². The molecule has 0 radical (unpaired) electrons. The van der Waals surface area contributed by atoms with Gasteiger partial charge in [0.1, 0.15) is 5.82 Å². The smallest absolute Gasteiger partial charge is 0.316 e. The van der Waals surface area contributed by atoms with Crippen LogP contribution in [0.15, 0.2) is 42.5 Å². The van der Waals surface area contributed by atoms with Gasteiger partial charge in [0, 0.05) is 22.9 Å². The van der Waals surface area contributed by atoms with Crippen LogP contribution in [0.3, 0.4) is 0 Å². The molecule has 0 aliphatic heterocycles. The van der Waals surface area contributed by atoms with Crippen LogP contribution in [0.4, 0.5) is 20.6 Å². The fourth-order valence-electron chi connectivity index (χ4n) is 1.71. The van der Waals surface area contributed by atoms with E-state index in [0.717, 1.165) is 11.3 Å². The third kappa shape index (κ3) is 3.86. The molecule has 0 spiro atoms. The number of hydrogen-bond acceptors (Lipinski definition) is 2. The van der Waals surface area contributed by atoms with E-state index in [9.17, 15) is 9.18 Å². The van der Waals surface area contributed by atoms with Crippen LogP contribution in [0, 0.1) is 5.82 Å². The van der Waals surface area contributed by atoms with Crippen molar-refractivity contribution in [2.45, 2.75) is 6.54 Å². The number of carbonyl (C=O) groups excluding carboxylic acids is 1. The van der Waals surface area contributed by atoms with Gasteiger partial charge in [-0.15, -0.1) is 0 Å². The highest BCUT2D eigenvalue weighted by Gasteiger charge is 2.03. The molecule has 0 aliphatic rings. The number of hydrogen-bond donors (Lipinski definition) is 3. The number of primary amides is 1. The molecule has 0 bridgehead atoms. The van der Waals surface area contributed by atoms with Gasteiger partial charge in [-0.3, -0.25) is 0 Å². The Morgan fingerprint density at radius 2 is 1.95 bits per heavy atom. The number of rotatable bonds is 4. The number of benzene rings is 2. The minimum Gasteiger partial charge on any atom is -0.381 e. The van der Waals surface area contributed by atoms with Gasteiger partial charge in [0.2, 0.25) is 0 Å². The summed E-state index contributed by atoms with van der Waals surface area (Å²) in [7, 11) is 0. The number of carbonyl (C=O) groups is 1. The zero-order valence-electron chi connectivity index (χ0n) is 10.5. The Kier molecular flexibility index (Phi) is 4.42. The molecule has 0 aliphatic carbocycles. The van der Waals surface area contributed by atoms with Gasteiger partial charge in [0.15, 0.2) is 0 Å². The zero-order valence-corrected chi connectivity index (χ0v) is 11.2. The van der Waals surface area contributed by atoms with Crippen LogP contribution in [-0.2, 0) is 6.54 Å². The molecule has 0 saturated carbocycles. The monoisotopic (exact) mass is 293 g/mol. The molecule has 4 N–H and O–H groups in total. The number of amides is 2.